The van der Waals surface area contributed by atoms with Crippen molar-refractivity contribution in [3.63, 3.8) is 0 Å². The lowest BCUT2D eigenvalue weighted by atomic mass is 9.87. The summed E-state index contributed by atoms with van der Waals surface area (Å²) in [6, 6.07) is 0.661. The fourth-order valence-corrected chi connectivity index (χ4v) is 6.59. The van der Waals surface area contributed by atoms with E-state index in [1.54, 1.807) is 0 Å². The number of benzene rings is 3. The monoisotopic (exact) mass is 816 g/mol. The van der Waals surface area contributed by atoms with Gasteiger partial charge in [-0.25, -0.2) is 28.0 Å². The van der Waals surface area contributed by atoms with Gasteiger partial charge in [-0.2, -0.15) is 0 Å². The number of carbonyl (C=O) groups excluding carboxylic acids is 4. The van der Waals surface area contributed by atoms with Crippen molar-refractivity contribution in [1.82, 2.24) is 0 Å². The Labute approximate surface area is 315 Å². The van der Waals surface area contributed by atoms with Crippen molar-refractivity contribution in [3.8, 4) is 28.7 Å². The van der Waals surface area contributed by atoms with Crippen LogP contribution >= 0.6 is 15.9 Å². The third-order valence-electron chi connectivity index (χ3n) is 9.54. The first-order valence-corrected chi connectivity index (χ1v) is 16.7. The van der Waals surface area contributed by atoms with Crippen molar-refractivity contribution in [2.75, 3.05) is 7.11 Å². The van der Waals surface area contributed by atoms with Gasteiger partial charge in [-0.05, 0) is 122 Å². The number of aromatic carboxylic acids is 1. The zero-order valence-electron chi connectivity index (χ0n) is 30.4. The number of aromatic hydroxyl groups is 2. The molecule has 4 N–H and O–H groups in total. The lowest BCUT2D eigenvalue weighted by molar-refractivity contribution is -0.151. The Morgan fingerprint density at radius 2 is 1.24 bits per heavy atom. The second-order valence-corrected chi connectivity index (χ2v) is 13.4. The molecule has 1 aliphatic rings. The van der Waals surface area contributed by atoms with Crippen molar-refractivity contribution in [2.45, 2.75) is 67.4 Å². The largest absolute Gasteiger partial charge is 0.507 e. The van der Waals surface area contributed by atoms with Gasteiger partial charge in [0.05, 0.1) is 12.7 Å². The van der Waals surface area contributed by atoms with Crippen molar-refractivity contribution in [2.24, 2.45) is 0 Å². The minimum Gasteiger partial charge on any atom is -0.507 e. The van der Waals surface area contributed by atoms with E-state index in [9.17, 15) is 53.2 Å². The number of hydrogen-bond acceptors (Lipinski definition) is 12. The first-order valence-electron chi connectivity index (χ1n) is 15.9. The second kappa shape index (κ2) is 15.0. The average Bonchev–Trinajstić information content (AvgIpc) is 3.09. The van der Waals surface area contributed by atoms with E-state index in [4.69, 9.17) is 18.9 Å². The molecular formula is C38H35BrF2O13. The number of aliphatic hydroxyl groups is 1. The molecule has 0 radical (unpaired) electrons. The minimum absolute atomic E-state index is 0.00881. The van der Waals surface area contributed by atoms with Gasteiger partial charge in [-0.15, -0.1) is 0 Å². The summed E-state index contributed by atoms with van der Waals surface area (Å²) in [4.78, 5) is 64.0. The van der Waals surface area contributed by atoms with E-state index < -0.39 is 81.4 Å². The van der Waals surface area contributed by atoms with Gasteiger partial charge >= 0.3 is 23.9 Å². The van der Waals surface area contributed by atoms with Crippen LogP contribution in [0.3, 0.4) is 0 Å². The molecule has 3 aromatic rings. The maximum Gasteiger partial charge on any atom is 0.356 e. The lowest BCUT2D eigenvalue weighted by Gasteiger charge is -2.30. The van der Waals surface area contributed by atoms with E-state index in [1.807, 2.05) is 0 Å². The highest BCUT2D eigenvalue weighted by Crippen LogP contribution is 2.45. The number of phenols is 2. The molecule has 0 saturated carbocycles. The predicted molar refractivity (Wildman–Crippen MR) is 190 cm³/mol. The number of methoxy groups -OCH3 is 1. The van der Waals surface area contributed by atoms with Gasteiger partial charge in [0, 0.05) is 17.2 Å². The zero-order chi connectivity index (χ0) is 40.9. The Bertz CT molecular complexity index is 2200. The number of ether oxygens (including phenoxy) is 4. The summed E-state index contributed by atoms with van der Waals surface area (Å²) in [5, 5.41) is 43.0. The third-order valence-corrected chi connectivity index (χ3v) is 10.3. The molecule has 13 nitrogen and oxygen atoms in total. The van der Waals surface area contributed by atoms with Crippen LogP contribution in [0.2, 0.25) is 0 Å². The fourth-order valence-electron chi connectivity index (χ4n) is 6.01. The van der Waals surface area contributed by atoms with Crippen LogP contribution < -0.4 is 14.2 Å². The van der Waals surface area contributed by atoms with E-state index in [-0.39, 0.29) is 66.1 Å². The molecule has 0 heterocycles. The van der Waals surface area contributed by atoms with E-state index >= 15 is 0 Å². The van der Waals surface area contributed by atoms with Gasteiger partial charge in [0.2, 0.25) is 5.60 Å². The van der Waals surface area contributed by atoms with Crippen molar-refractivity contribution < 1.29 is 72.1 Å². The SMILES string of the molecule is COC1=CC(=O)C=C(C)[C@]1(O)C(=O)Oc1c(C)c(C)c(C(=O)Oc2cc(C(F)F)c(C(=O)Oc3c(C)c(C)c(C(=O)O)c(C)c3C)c(O)c2C)c(O)c1Br. The highest BCUT2D eigenvalue weighted by molar-refractivity contribution is 9.10. The zero-order valence-corrected chi connectivity index (χ0v) is 32.0. The third kappa shape index (κ3) is 6.82. The maximum absolute atomic E-state index is 14.5. The first kappa shape index (κ1) is 41.2. The van der Waals surface area contributed by atoms with Crippen molar-refractivity contribution >= 4 is 45.6 Å². The molecular weight excluding hydrogens is 782 g/mol. The molecule has 1 atom stereocenters. The summed E-state index contributed by atoms with van der Waals surface area (Å²) in [5.41, 5.74) is -4.32. The molecule has 1 aliphatic carbocycles. The molecule has 0 amide bonds. The summed E-state index contributed by atoms with van der Waals surface area (Å²) >= 11 is 3.09. The van der Waals surface area contributed by atoms with Crippen molar-refractivity contribution in [1.29, 1.82) is 0 Å². The number of alkyl halides is 2. The highest BCUT2D eigenvalue weighted by Gasteiger charge is 2.48. The molecule has 286 valence electrons. The van der Waals surface area contributed by atoms with Gasteiger partial charge in [-0.3, -0.25) is 4.79 Å². The van der Waals surface area contributed by atoms with E-state index in [0.717, 1.165) is 19.3 Å². The van der Waals surface area contributed by atoms with E-state index in [0.29, 0.717) is 6.07 Å². The Morgan fingerprint density at radius 3 is 1.76 bits per heavy atom. The van der Waals surface area contributed by atoms with Crippen molar-refractivity contribution in [3.05, 3.63) is 95.2 Å². The number of ketones is 1. The smallest absolute Gasteiger partial charge is 0.356 e. The van der Waals surface area contributed by atoms with E-state index in [2.05, 4.69) is 15.9 Å². The molecule has 4 rings (SSSR count). The standard InChI is InChI=1S/C38H35BrF2O13/c1-13-10-21(42)11-24(51-9)38(13,50)37(49)54-32-19(7)16(4)26(30(44)28(32)39)35(47)52-23-12-22(33(40)41)27(29(43)20(23)8)36(48)53-31-17(5)14(2)25(34(45)46)15(3)18(31)6/h10-12,33,43-44,50H,1-9H3,(H,45,46)/t38-/m1/s1. The Morgan fingerprint density at radius 1 is 0.722 bits per heavy atom. The molecule has 0 bridgehead atoms. The highest BCUT2D eigenvalue weighted by atomic mass is 79.9. The Balaban J connectivity index is 1.72. The fraction of sp³-hybridized carbons (Fsp3) is 0.289. The number of carboxylic acids is 1. The molecule has 16 heteroatoms. The quantitative estimate of drug-likeness (QED) is 0.130. The molecule has 0 aromatic heterocycles. The van der Waals surface area contributed by atoms with Crippen LogP contribution in [-0.4, -0.2) is 62.8 Å². The summed E-state index contributed by atoms with van der Waals surface area (Å²) in [5.74, 6) is -9.00. The van der Waals surface area contributed by atoms with Crippen LogP contribution in [0.4, 0.5) is 8.78 Å². The number of hydrogen-bond donors (Lipinski definition) is 4. The lowest BCUT2D eigenvalue weighted by Crippen LogP contribution is -2.47. The minimum atomic E-state index is -3.40. The molecule has 54 heavy (non-hydrogen) atoms. The number of halogens is 3. The summed E-state index contributed by atoms with van der Waals surface area (Å²) < 4.78 is 50.0. The maximum atomic E-state index is 14.5. The number of phenolic OH excluding ortho intramolecular Hbond substituents is 2. The van der Waals surface area contributed by atoms with Crippen LogP contribution in [0, 0.1) is 48.5 Å². The Kier molecular flexibility index (Phi) is 11.4. The van der Waals surface area contributed by atoms with E-state index in [1.165, 1.54) is 55.4 Å². The van der Waals surface area contributed by atoms with Crippen LogP contribution in [0.1, 0.15) is 88.9 Å². The molecule has 0 unspecified atom stereocenters. The number of allylic oxidation sites excluding steroid dienone is 2. The number of esters is 3. The average molecular weight is 818 g/mol. The summed E-state index contributed by atoms with van der Waals surface area (Å²) in [7, 11) is 1.13. The van der Waals surface area contributed by atoms with Gasteiger partial charge in [0.1, 0.15) is 44.4 Å². The topological polar surface area (TPSA) is 203 Å². The number of carbonyl (C=O) groups is 5. The molecule has 0 saturated heterocycles. The van der Waals surface area contributed by atoms with Crippen LogP contribution in [-0.2, 0) is 14.3 Å². The predicted octanol–water partition coefficient (Wildman–Crippen LogP) is 6.79. The van der Waals surface area contributed by atoms with Crippen LogP contribution in [0.15, 0.2) is 34.0 Å². The second-order valence-electron chi connectivity index (χ2n) is 12.6. The Hall–Kier alpha value is -5.61. The van der Waals surface area contributed by atoms with Gasteiger partial charge in [0.15, 0.2) is 11.5 Å². The molecule has 0 spiro atoms. The number of carboxylic acid groups (broad SMARTS) is 1. The summed E-state index contributed by atoms with van der Waals surface area (Å²) in [6.45, 7) is 11.2. The van der Waals surface area contributed by atoms with Crippen LogP contribution in [0.5, 0.6) is 28.7 Å². The summed E-state index contributed by atoms with van der Waals surface area (Å²) in [6.07, 6.45) is -1.49. The van der Waals surface area contributed by atoms with Gasteiger partial charge in [-0.1, -0.05) is 0 Å². The van der Waals surface area contributed by atoms with Gasteiger partial charge < -0.3 is 39.4 Å². The first-order chi connectivity index (χ1) is 25.0. The van der Waals surface area contributed by atoms with Crippen LogP contribution in [0.25, 0.3) is 0 Å². The molecule has 3 aromatic carbocycles. The normalized spacial score (nSPS) is 15.4. The number of rotatable bonds is 9. The molecule has 0 aliphatic heterocycles. The van der Waals surface area contributed by atoms with Gasteiger partial charge in [0.25, 0.3) is 6.43 Å². The molecule has 0 fully saturated rings.